The minimum Gasteiger partial charge on any atom is -0.496 e. The third-order valence-electron chi connectivity index (χ3n) is 6.36. The highest BCUT2D eigenvalue weighted by atomic mass is 16.5. The first-order valence-electron chi connectivity index (χ1n) is 11.9. The molecule has 7 heteroatoms. The molecule has 178 valence electrons. The molecule has 5 rings (SSSR count). The summed E-state index contributed by atoms with van der Waals surface area (Å²) in [5.74, 6) is 0.711. The second-order valence-corrected chi connectivity index (χ2v) is 8.70. The molecule has 0 N–H and O–H groups in total. The van der Waals surface area contributed by atoms with Crippen LogP contribution in [0, 0.1) is 0 Å². The van der Waals surface area contributed by atoms with Crippen LogP contribution in [0.5, 0.6) is 5.75 Å². The van der Waals surface area contributed by atoms with Crippen LogP contribution in [0.25, 0.3) is 11.3 Å². The molecule has 0 bridgehead atoms. The molecule has 1 fully saturated rings. The van der Waals surface area contributed by atoms with Crippen molar-refractivity contribution in [2.75, 3.05) is 33.3 Å². The van der Waals surface area contributed by atoms with Gasteiger partial charge in [0.15, 0.2) is 0 Å². The van der Waals surface area contributed by atoms with Gasteiger partial charge in [0.1, 0.15) is 11.4 Å². The van der Waals surface area contributed by atoms with Crippen molar-refractivity contribution in [2.45, 2.75) is 13.1 Å². The first-order valence-corrected chi connectivity index (χ1v) is 11.9. The second kappa shape index (κ2) is 10.5. The van der Waals surface area contributed by atoms with Gasteiger partial charge in [-0.15, -0.1) is 0 Å². The summed E-state index contributed by atoms with van der Waals surface area (Å²) in [6, 6.07) is 21.9. The third kappa shape index (κ3) is 5.25. The van der Waals surface area contributed by atoms with Gasteiger partial charge in [0.2, 0.25) is 0 Å². The molecule has 0 atom stereocenters. The molecule has 1 aliphatic heterocycles. The molecule has 4 aromatic rings. The number of pyridine rings is 1. The van der Waals surface area contributed by atoms with Crippen LogP contribution in [0.15, 0.2) is 85.3 Å². The number of benzene rings is 2. The molecule has 1 aliphatic rings. The molecule has 0 aliphatic carbocycles. The zero-order chi connectivity index (χ0) is 24.0. The number of ether oxygens (including phenoxy) is 1. The quantitative estimate of drug-likeness (QED) is 0.412. The summed E-state index contributed by atoms with van der Waals surface area (Å²) >= 11 is 0. The van der Waals surface area contributed by atoms with E-state index in [0.717, 1.165) is 30.8 Å². The maximum absolute atomic E-state index is 13.7. The van der Waals surface area contributed by atoms with Crippen LogP contribution in [0.3, 0.4) is 0 Å². The highest BCUT2D eigenvalue weighted by Crippen LogP contribution is 2.32. The highest BCUT2D eigenvalue weighted by Gasteiger charge is 2.27. The molecule has 0 spiro atoms. The van der Waals surface area contributed by atoms with Crippen LogP contribution in [-0.4, -0.2) is 63.8 Å². The first-order chi connectivity index (χ1) is 17.2. The molecule has 0 radical (unpaired) electrons. The lowest BCUT2D eigenvalue weighted by Crippen LogP contribution is -2.48. The molecular formula is C28H29N5O2. The predicted molar refractivity (Wildman–Crippen MR) is 135 cm³/mol. The maximum atomic E-state index is 13.7. The lowest BCUT2D eigenvalue weighted by Gasteiger charge is -2.34. The lowest BCUT2D eigenvalue weighted by molar-refractivity contribution is 0.0629. The predicted octanol–water partition coefficient (Wildman–Crippen LogP) is 3.96. The van der Waals surface area contributed by atoms with Crippen molar-refractivity contribution < 1.29 is 9.53 Å². The minimum atomic E-state index is 0.00813. The molecule has 7 nitrogen and oxygen atoms in total. The van der Waals surface area contributed by atoms with E-state index < -0.39 is 0 Å². The van der Waals surface area contributed by atoms with Crippen LogP contribution < -0.4 is 4.74 Å². The van der Waals surface area contributed by atoms with Gasteiger partial charge < -0.3 is 9.64 Å². The fourth-order valence-electron chi connectivity index (χ4n) is 4.49. The average molecular weight is 468 g/mol. The largest absolute Gasteiger partial charge is 0.496 e. The number of rotatable bonds is 7. The smallest absolute Gasteiger partial charge is 0.257 e. The van der Waals surface area contributed by atoms with Gasteiger partial charge in [-0.25, -0.2) is 0 Å². The monoisotopic (exact) mass is 467 g/mol. The Kier molecular flexibility index (Phi) is 6.86. The Balaban J connectivity index is 1.38. The van der Waals surface area contributed by atoms with Gasteiger partial charge in [0.25, 0.3) is 5.91 Å². The van der Waals surface area contributed by atoms with Gasteiger partial charge in [0.05, 0.1) is 19.2 Å². The Morgan fingerprint density at radius 3 is 2.29 bits per heavy atom. The van der Waals surface area contributed by atoms with E-state index in [0.29, 0.717) is 36.6 Å². The van der Waals surface area contributed by atoms with Crippen LogP contribution >= 0.6 is 0 Å². The number of piperazine rings is 1. The summed E-state index contributed by atoms with van der Waals surface area (Å²) in [6.07, 6.45) is 5.52. The number of carbonyl (C=O) groups is 1. The standard InChI is InChI=1S/C28H29N5O2/c1-35-26-10-6-5-9-24(26)27-25(21-33(30-27)20-22-7-3-2-4-8-22)28(34)32-17-15-31(16-18-32)19-23-11-13-29-14-12-23/h2-14,21H,15-20H2,1H3. The van der Waals surface area contributed by atoms with Crippen LogP contribution in [0.4, 0.5) is 0 Å². The topological polar surface area (TPSA) is 63.5 Å². The Morgan fingerprint density at radius 1 is 0.857 bits per heavy atom. The average Bonchev–Trinajstić information content (AvgIpc) is 3.33. The number of amides is 1. The summed E-state index contributed by atoms with van der Waals surface area (Å²) in [4.78, 5) is 22.1. The Morgan fingerprint density at radius 2 is 1.54 bits per heavy atom. The summed E-state index contributed by atoms with van der Waals surface area (Å²) in [5.41, 5.74) is 4.45. The molecule has 2 aromatic carbocycles. The first kappa shape index (κ1) is 22.8. The van der Waals surface area contributed by atoms with E-state index in [2.05, 4.69) is 22.0 Å². The van der Waals surface area contributed by atoms with Gasteiger partial charge in [-0.3, -0.25) is 19.4 Å². The van der Waals surface area contributed by atoms with Crippen molar-refractivity contribution in [1.82, 2.24) is 24.6 Å². The molecule has 1 saturated heterocycles. The molecule has 0 saturated carbocycles. The zero-order valence-electron chi connectivity index (χ0n) is 19.9. The molecule has 2 aromatic heterocycles. The normalized spacial score (nSPS) is 14.1. The van der Waals surface area contributed by atoms with E-state index in [-0.39, 0.29) is 5.91 Å². The van der Waals surface area contributed by atoms with Crippen molar-refractivity contribution >= 4 is 5.91 Å². The number of para-hydroxylation sites is 1. The lowest BCUT2D eigenvalue weighted by atomic mass is 10.1. The van der Waals surface area contributed by atoms with Gasteiger partial charge in [-0.1, -0.05) is 42.5 Å². The van der Waals surface area contributed by atoms with E-state index >= 15 is 0 Å². The number of carbonyl (C=O) groups excluding carboxylic acids is 1. The molecule has 0 unspecified atom stereocenters. The number of hydrogen-bond acceptors (Lipinski definition) is 5. The van der Waals surface area contributed by atoms with Crippen molar-refractivity contribution in [1.29, 1.82) is 0 Å². The molecule has 3 heterocycles. The molecule has 1 amide bonds. The Bertz CT molecular complexity index is 1270. The summed E-state index contributed by atoms with van der Waals surface area (Å²) < 4.78 is 7.44. The fourth-order valence-corrected chi connectivity index (χ4v) is 4.49. The number of methoxy groups -OCH3 is 1. The maximum Gasteiger partial charge on any atom is 0.257 e. The van der Waals surface area contributed by atoms with E-state index in [1.54, 1.807) is 7.11 Å². The van der Waals surface area contributed by atoms with E-state index in [9.17, 15) is 4.79 Å². The highest BCUT2D eigenvalue weighted by molar-refractivity contribution is 6.00. The zero-order valence-corrected chi connectivity index (χ0v) is 19.9. The van der Waals surface area contributed by atoms with Crippen molar-refractivity contribution in [3.8, 4) is 17.0 Å². The minimum absolute atomic E-state index is 0.00813. The summed E-state index contributed by atoms with van der Waals surface area (Å²) in [6.45, 7) is 4.48. The van der Waals surface area contributed by atoms with Crippen molar-refractivity contribution in [3.63, 3.8) is 0 Å². The number of hydrogen-bond donors (Lipinski definition) is 0. The van der Waals surface area contributed by atoms with Crippen molar-refractivity contribution in [3.05, 3.63) is 102 Å². The second-order valence-electron chi connectivity index (χ2n) is 8.70. The molecular weight excluding hydrogens is 438 g/mol. The van der Waals surface area contributed by atoms with E-state index in [1.165, 1.54) is 5.56 Å². The summed E-state index contributed by atoms with van der Waals surface area (Å²) in [5, 5.41) is 4.84. The van der Waals surface area contributed by atoms with Gasteiger partial charge in [0, 0.05) is 56.9 Å². The SMILES string of the molecule is COc1ccccc1-c1nn(Cc2ccccc2)cc1C(=O)N1CCN(Cc2ccncc2)CC1. The number of nitrogens with zero attached hydrogens (tertiary/aromatic N) is 5. The fraction of sp³-hybridized carbons (Fsp3) is 0.250. The Labute approximate surface area is 205 Å². The Hall–Kier alpha value is -3.97. The van der Waals surface area contributed by atoms with E-state index in [1.807, 2.05) is 82.8 Å². The van der Waals surface area contributed by atoms with Gasteiger partial charge >= 0.3 is 0 Å². The molecule has 35 heavy (non-hydrogen) atoms. The van der Waals surface area contributed by atoms with Gasteiger partial charge in [-0.05, 0) is 35.4 Å². The van der Waals surface area contributed by atoms with Crippen LogP contribution in [-0.2, 0) is 13.1 Å². The van der Waals surface area contributed by atoms with Gasteiger partial charge in [-0.2, -0.15) is 5.10 Å². The summed E-state index contributed by atoms with van der Waals surface area (Å²) in [7, 11) is 1.64. The third-order valence-corrected chi connectivity index (χ3v) is 6.36. The van der Waals surface area contributed by atoms with E-state index in [4.69, 9.17) is 9.84 Å². The van der Waals surface area contributed by atoms with Crippen LogP contribution in [0.2, 0.25) is 0 Å². The van der Waals surface area contributed by atoms with Crippen LogP contribution in [0.1, 0.15) is 21.5 Å². The van der Waals surface area contributed by atoms with Crippen molar-refractivity contribution in [2.24, 2.45) is 0 Å². The number of aromatic nitrogens is 3.